The lowest BCUT2D eigenvalue weighted by Crippen LogP contribution is -2.33. The molecule has 0 aliphatic heterocycles. The van der Waals surface area contributed by atoms with E-state index in [2.05, 4.69) is 25.8 Å². The summed E-state index contributed by atoms with van der Waals surface area (Å²) in [4.78, 5) is 4.26. The first-order valence-corrected chi connectivity index (χ1v) is 6.13. The quantitative estimate of drug-likeness (QED) is 0.445. The number of halogens is 1. The van der Waals surface area contributed by atoms with Crippen LogP contribution in [0.1, 0.15) is 31.5 Å². The van der Waals surface area contributed by atoms with E-state index >= 15 is 0 Å². The molecular weight excluding hydrogens is 345 g/mol. The summed E-state index contributed by atoms with van der Waals surface area (Å²) in [6, 6.07) is 0.529. The topological polar surface area (TPSA) is 94.0 Å². The first-order valence-electron chi connectivity index (χ1n) is 6.13. The minimum absolute atomic E-state index is 0. The van der Waals surface area contributed by atoms with E-state index in [1.165, 1.54) is 25.7 Å². The SMILES string of the molecule is I.NC(=NCc1nnnn1CC1CC1)NC1CC1. The van der Waals surface area contributed by atoms with E-state index in [-0.39, 0.29) is 24.0 Å². The smallest absolute Gasteiger partial charge is 0.189 e. The summed E-state index contributed by atoms with van der Waals surface area (Å²) in [5.74, 6) is 2.04. The summed E-state index contributed by atoms with van der Waals surface area (Å²) in [5.41, 5.74) is 5.76. The molecule has 0 spiro atoms. The van der Waals surface area contributed by atoms with E-state index in [0.29, 0.717) is 18.5 Å². The Kier molecular flexibility index (Phi) is 4.36. The van der Waals surface area contributed by atoms with Crippen molar-refractivity contribution < 1.29 is 0 Å². The van der Waals surface area contributed by atoms with Gasteiger partial charge in [0.05, 0.1) is 0 Å². The number of guanidine groups is 1. The maximum atomic E-state index is 5.76. The van der Waals surface area contributed by atoms with Crippen molar-refractivity contribution >= 4 is 29.9 Å². The summed E-state index contributed by atoms with van der Waals surface area (Å²) in [5, 5.41) is 14.8. The average molecular weight is 363 g/mol. The van der Waals surface area contributed by atoms with E-state index < -0.39 is 0 Å². The second-order valence-corrected chi connectivity index (χ2v) is 4.84. The zero-order chi connectivity index (χ0) is 11.7. The third-order valence-electron chi connectivity index (χ3n) is 3.05. The third kappa shape index (κ3) is 3.79. The van der Waals surface area contributed by atoms with Crippen molar-refractivity contribution in [2.75, 3.05) is 0 Å². The summed E-state index contributed by atoms with van der Waals surface area (Å²) < 4.78 is 1.84. The van der Waals surface area contributed by atoms with Gasteiger partial charge in [-0.3, -0.25) is 0 Å². The van der Waals surface area contributed by atoms with Crippen LogP contribution in [0.5, 0.6) is 0 Å². The number of hydrogen-bond acceptors (Lipinski definition) is 4. The van der Waals surface area contributed by atoms with Crippen LogP contribution < -0.4 is 11.1 Å². The monoisotopic (exact) mass is 363 g/mol. The van der Waals surface area contributed by atoms with Gasteiger partial charge in [-0.1, -0.05) is 0 Å². The van der Waals surface area contributed by atoms with E-state index in [9.17, 15) is 0 Å². The fourth-order valence-electron chi connectivity index (χ4n) is 1.66. The molecule has 2 aliphatic rings. The van der Waals surface area contributed by atoms with Gasteiger partial charge in [-0.2, -0.15) is 0 Å². The van der Waals surface area contributed by atoms with Crippen molar-refractivity contribution in [1.82, 2.24) is 25.5 Å². The number of aromatic nitrogens is 4. The van der Waals surface area contributed by atoms with Gasteiger partial charge in [-0.15, -0.1) is 29.1 Å². The van der Waals surface area contributed by atoms with Gasteiger partial charge in [-0.05, 0) is 42.0 Å². The van der Waals surface area contributed by atoms with Gasteiger partial charge in [0.1, 0.15) is 6.54 Å². The zero-order valence-corrected chi connectivity index (χ0v) is 12.4. The Balaban J connectivity index is 0.00000120. The highest BCUT2D eigenvalue weighted by Gasteiger charge is 2.24. The van der Waals surface area contributed by atoms with E-state index in [0.717, 1.165) is 18.3 Å². The summed E-state index contributed by atoms with van der Waals surface area (Å²) in [6.45, 7) is 1.36. The molecule has 2 fully saturated rings. The highest BCUT2D eigenvalue weighted by molar-refractivity contribution is 14.0. The molecule has 7 nitrogen and oxygen atoms in total. The number of hydrogen-bond donors (Lipinski definition) is 2. The van der Waals surface area contributed by atoms with Crippen molar-refractivity contribution in [3.8, 4) is 0 Å². The first kappa shape index (κ1) is 13.5. The van der Waals surface area contributed by atoms with Gasteiger partial charge in [-0.25, -0.2) is 9.67 Å². The second-order valence-electron chi connectivity index (χ2n) is 4.84. The molecule has 2 aliphatic carbocycles. The highest BCUT2D eigenvalue weighted by atomic mass is 127. The molecule has 1 heterocycles. The van der Waals surface area contributed by atoms with Crippen LogP contribution in [0.25, 0.3) is 0 Å². The molecule has 0 bridgehead atoms. The summed E-state index contributed by atoms with van der Waals surface area (Å²) >= 11 is 0. The van der Waals surface area contributed by atoms with Crippen molar-refractivity contribution in [2.24, 2.45) is 16.6 Å². The highest BCUT2D eigenvalue weighted by Crippen LogP contribution is 2.30. The number of tetrazole rings is 1. The number of nitrogens with one attached hydrogen (secondary N) is 1. The lowest BCUT2D eigenvalue weighted by atomic mass is 10.4. The summed E-state index contributed by atoms with van der Waals surface area (Å²) in [6.07, 6.45) is 4.95. The summed E-state index contributed by atoms with van der Waals surface area (Å²) in [7, 11) is 0. The van der Waals surface area contributed by atoms with Crippen LogP contribution in [0.2, 0.25) is 0 Å². The standard InChI is InChI=1S/C10H17N7.HI/c11-10(13-8-3-4-8)12-5-9-14-15-16-17(9)6-7-1-2-7;/h7-8H,1-6H2,(H3,11,12,13);1H. The Morgan fingerprint density at radius 3 is 2.83 bits per heavy atom. The maximum Gasteiger partial charge on any atom is 0.189 e. The Hall–Kier alpha value is -0.930. The van der Waals surface area contributed by atoms with Crippen LogP contribution in [0.4, 0.5) is 0 Å². The Bertz CT molecular complexity index is 422. The lowest BCUT2D eigenvalue weighted by Gasteiger charge is -2.03. The minimum atomic E-state index is 0. The van der Waals surface area contributed by atoms with Gasteiger partial charge in [0.2, 0.25) is 0 Å². The second kappa shape index (κ2) is 5.81. The lowest BCUT2D eigenvalue weighted by molar-refractivity contribution is 0.524. The van der Waals surface area contributed by atoms with Crippen LogP contribution in [0.15, 0.2) is 4.99 Å². The predicted octanol–water partition coefficient (Wildman–Crippen LogP) is 0.268. The largest absolute Gasteiger partial charge is 0.370 e. The molecule has 3 rings (SSSR count). The van der Waals surface area contributed by atoms with Gasteiger partial charge < -0.3 is 11.1 Å². The molecule has 18 heavy (non-hydrogen) atoms. The molecule has 1 aromatic rings. The molecule has 2 saturated carbocycles. The van der Waals surface area contributed by atoms with Crippen molar-refractivity contribution in [3.05, 3.63) is 5.82 Å². The van der Waals surface area contributed by atoms with Crippen LogP contribution >= 0.6 is 24.0 Å². The zero-order valence-electron chi connectivity index (χ0n) is 10.1. The molecule has 0 aromatic carbocycles. The molecule has 3 N–H and O–H groups in total. The van der Waals surface area contributed by atoms with Gasteiger partial charge >= 0.3 is 0 Å². The number of rotatable bonds is 5. The fraction of sp³-hybridized carbons (Fsp3) is 0.800. The average Bonchev–Trinajstić information content (AvgIpc) is 3.19. The van der Waals surface area contributed by atoms with Gasteiger partial charge in [0.25, 0.3) is 0 Å². The molecular formula is C10H18IN7. The molecule has 0 saturated heterocycles. The first-order chi connectivity index (χ1) is 8.31. The minimum Gasteiger partial charge on any atom is -0.370 e. The van der Waals surface area contributed by atoms with E-state index in [1.807, 2.05) is 4.68 Å². The van der Waals surface area contributed by atoms with Crippen LogP contribution in [-0.4, -0.2) is 32.2 Å². The maximum absolute atomic E-state index is 5.76. The molecule has 0 atom stereocenters. The number of nitrogens with zero attached hydrogens (tertiary/aromatic N) is 5. The van der Waals surface area contributed by atoms with E-state index in [1.54, 1.807) is 0 Å². The van der Waals surface area contributed by atoms with Crippen LogP contribution in [0.3, 0.4) is 0 Å². The van der Waals surface area contributed by atoms with Crippen molar-refractivity contribution in [1.29, 1.82) is 0 Å². The normalized spacial score (nSPS) is 19.4. The van der Waals surface area contributed by atoms with Crippen molar-refractivity contribution in [3.63, 3.8) is 0 Å². The van der Waals surface area contributed by atoms with E-state index in [4.69, 9.17) is 5.73 Å². The Morgan fingerprint density at radius 2 is 2.17 bits per heavy atom. The van der Waals surface area contributed by atoms with Crippen LogP contribution in [-0.2, 0) is 13.1 Å². The third-order valence-corrected chi connectivity index (χ3v) is 3.05. The fourth-order valence-corrected chi connectivity index (χ4v) is 1.66. The number of nitrogens with two attached hydrogens (primary N) is 1. The van der Waals surface area contributed by atoms with Gasteiger partial charge in [0, 0.05) is 12.6 Å². The Morgan fingerprint density at radius 1 is 1.39 bits per heavy atom. The molecule has 8 heteroatoms. The molecule has 0 amide bonds. The van der Waals surface area contributed by atoms with Crippen molar-refractivity contribution in [2.45, 2.75) is 44.8 Å². The molecule has 0 unspecified atom stereocenters. The molecule has 100 valence electrons. The molecule has 0 radical (unpaired) electrons. The van der Waals surface area contributed by atoms with Gasteiger partial charge in [0.15, 0.2) is 11.8 Å². The molecule has 1 aromatic heterocycles. The predicted molar refractivity (Wildman–Crippen MR) is 77.4 cm³/mol. The Labute approximate surface area is 123 Å². The number of aliphatic imine (C=N–C) groups is 1. The van der Waals surface area contributed by atoms with Crippen LogP contribution in [0, 0.1) is 5.92 Å².